The van der Waals surface area contributed by atoms with Gasteiger partial charge in [0.15, 0.2) is 0 Å². The minimum atomic E-state index is -0.537. The van der Waals surface area contributed by atoms with Crippen LogP contribution in [0, 0.1) is 5.82 Å². The van der Waals surface area contributed by atoms with Crippen molar-refractivity contribution in [1.29, 1.82) is 0 Å². The summed E-state index contributed by atoms with van der Waals surface area (Å²) >= 11 is 1.33. The van der Waals surface area contributed by atoms with Crippen molar-refractivity contribution in [3.8, 4) is 22.7 Å². The molecule has 5 rings (SSSR count). The van der Waals surface area contributed by atoms with Gasteiger partial charge in [0.2, 0.25) is 11.8 Å². The number of ether oxygens (including phenoxy) is 1. The number of nitrogens with zero attached hydrogens (tertiary/aromatic N) is 3. The lowest BCUT2D eigenvalue weighted by Crippen LogP contribution is -2.44. The quantitative estimate of drug-likeness (QED) is 0.338. The molecule has 2 heterocycles. The number of thioether (sulfide) groups is 1. The fourth-order valence-corrected chi connectivity index (χ4v) is 5.90. The molecule has 39 heavy (non-hydrogen) atoms. The van der Waals surface area contributed by atoms with Gasteiger partial charge in [-0.05, 0) is 44.2 Å². The van der Waals surface area contributed by atoms with Gasteiger partial charge in [-0.1, -0.05) is 48.5 Å². The summed E-state index contributed by atoms with van der Waals surface area (Å²) in [5.41, 5.74) is 3.25. The smallest absolute Gasteiger partial charge is 0.240 e. The molecular formula is C30H29FN4O3S. The third kappa shape index (κ3) is 5.40. The molecule has 2 amide bonds. The van der Waals surface area contributed by atoms with Crippen LogP contribution in [-0.2, 0) is 9.59 Å². The Labute approximate surface area is 231 Å². The van der Waals surface area contributed by atoms with Crippen LogP contribution in [-0.4, -0.2) is 47.0 Å². The summed E-state index contributed by atoms with van der Waals surface area (Å²) in [5.74, 6) is 0.274. The van der Waals surface area contributed by atoms with Crippen LogP contribution in [0.1, 0.15) is 30.2 Å². The zero-order valence-electron chi connectivity index (χ0n) is 21.9. The normalized spacial score (nSPS) is 15.2. The maximum atomic E-state index is 15.3. The number of carbonyl (C=O) groups is 2. The Morgan fingerprint density at radius 3 is 2.44 bits per heavy atom. The Balaban J connectivity index is 1.80. The van der Waals surface area contributed by atoms with Crippen molar-refractivity contribution in [3.05, 3.63) is 95.8 Å². The highest BCUT2D eigenvalue weighted by molar-refractivity contribution is 8.00. The number of anilines is 1. The highest BCUT2D eigenvalue weighted by Gasteiger charge is 2.38. The zero-order valence-corrected chi connectivity index (χ0v) is 22.7. The largest absolute Gasteiger partial charge is 0.497 e. The van der Waals surface area contributed by atoms with Gasteiger partial charge in [0, 0.05) is 22.7 Å². The standard InChI is InChI=1S/C30H29FN4O3S/c1-19(2)32-25(36)17-34-26(37)18-39-29(23-11-7-8-12-24(23)31)27-28(20-9-5-4-6-10-20)33-35(30(27)34)21-13-15-22(38-3)16-14-21/h4-16,19,29H,17-18H2,1-3H3,(H,32,36). The third-order valence-electron chi connectivity index (χ3n) is 6.39. The molecule has 9 heteroatoms. The SMILES string of the molecule is COc1ccc(-n2nc(-c3ccccc3)c3c2N(CC(=O)NC(C)C)C(=O)CSC3c2ccccc2F)cc1. The molecule has 1 unspecified atom stereocenters. The zero-order chi connectivity index (χ0) is 27.5. The van der Waals surface area contributed by atoms with E-state index in [2.05, 4.69) is 5.32 Å². The summed E-state index contributed by atoms with van der Waals surface area (Å²) in [4.78, 5) is 28.1. The number of hydrogen-bond acceptors (Lipinski definition) is 5. The van der Waals surface area contributed by atoms with Gasteiger partial charge >= 0.3 is 0 Å². The Bertz CT molecular complexity index is 1490. The Kier molecular flexibility index (Phi) is 7.70. The molecule has 7 nitrogen and oxygen atoms in total. The van der Waals surface area contributed by atoms with Gasteiger partial charge in [-0.2, -0.15) is 5.10 Å². The van der Waals surface area contributed by atoms with Gasteiger partial charge in [-0.25, -0.2) is 9.07 Å². The van der Waals surface area contributed by atoms with Crippen LogP contribution >= 0.6 is 11.8 Å². The first kappa shape index (κ1) is 26.5. The van der Waals surface area contributed by atoms with Crippen molar-refractivity contribution >= 4 is 29.4 Å². The van der Waals surface area contributed by atoms with Crippen LogP contribution in [0.4, 0.5) is 10.2 Å². The van der Waals surface area contributed by atoms with Crippen molar-refractivity contribution in [2.75, 3.05) is 24.3 Å². The fourth-order valence-electron chi connectivity index (χ4n) is 4.68. The molecule has 1 aliphatic heterocycles. The predicted molar refractivity (Wildman–Crippen MR) is 152 cm³/mol. The van der Waals surface area contributed by atoms with E-state index in [-0.39, 0.29) is 36.0 Å². The average molecular weight is 545 g/mol. The Morgan fingerprint density at radius 1 is 1.08 bits per heavy atom. The van der Waals surface area contributed by atoms with E-state index in [1.165, 1.54) is 22.7 Å². The van der Waals surface area contributed by atoms with Crippen molar-refractivity contribution in [2.24, 2.45) is 0 Å². The molecular weight excluding hydrogens is 515 g/mol. The maximum absolute atomic E-state index is 15.3. The summed E-state index contributed by atoms with van der Waals surface area (Å²) in [6, 6.07) is 23.4. The first-order valence-corrected chi connectivity index (χ1v) is 13.7. The average Bonchev–Trinajstić information content (AvgIpc) is 3.26. The van der Waals surface area contributed by atoms with E-state index in [0.29, 0.717) is 34.1 Å². The molecule has 0 radical (unpaired) electrons. The monoisotopic (exact) mass is 544 g/mol. The first-order chi connectivity index (χ1) is 18.9. The third-order valence-corrected chi connectivity index (χ3v) is 7.63. The van der Waals surface area contributed by atoms with Gasteiger partial charge in [0.1, 0.15) is 23.9 Å². The highest BCUT2D eigenvalue weighted by Crippen LogP contribution is 2.49. The van der Waals surface area contributed by atoms with Crippen LogP contribution in [0.3, 0.4) is 0 Å². The predicted octanol–water partition coefficient (Wildman–Crippen LogP) is 5.38. The number of amides is 2. The number of methoxy groups -OCH3 is 1. The van der Waals surface area contributed by atoms with Crippen molar-refractivity contribution < 1.29 is 18.7 Å². The molecule has 0 fully saturated rings. The minimum Gasteiger partial charge on any atom is -0.497 e. The summed E-state index contributed by atoms with van der Waals surface area (Å²) in [6.45, 7) is 3.55. The first-order valence-electron chi connectivity index (χ1n) is 12.7. The number of rotatable bonds is 7. The molecule has 0 bridgehead atoms. The number of hydrogen-bond donors (Lipinski definition) is 1. The molecule has 0 aliphatic carbocycles. The van der Waals surface area contributed by atoms with Crippen LogP contribution in [0.25, 0.3) is 16.9 Å². The molecule has 1 aromatic heterocycles. The van der Waals surface area contributed by atoms with Crippen LogP contribution < -0.4 is 15.0 Å². The van der Waals surface area contributed by atoms with Crippen LogP contribution in [0.5, 0.6) is 5.75 Å². The molecule has 3 aromatic carbocycles. The number of benzene rings is 3. The van der Waals surface area contributed by atoms with Gasteiger partial charge in [-0.15, -0.1) is 11.8 Å². The van der Waals surface area contributed by atoms with Crippen molar-refractivity contribution in [2.45, 2.75) is 25.1 Å². The lowest BCUT2D eigenvalue weighted by atomic mass is 9.99. The number of aromatic nitrogens is 2. The molecule has 200 valence electrons. The van der Waals surface area contributed by atoms with Gasteiger partial charge in [0.25, 0.3) is 0 Å². The molecule has 4 aromatic rings. The fraction of sp³-hybridized carbons (Fsp3) is 0.233. The second kappa shape index (κ2) is 11.3. The van der Waals surface area contributed by atoms with Gasteiger partial charge in [0.05, 0.1) is 29.5 Å². The van der Waals surface area contributed by atoms with E-state index in [4.69, 9.17) is 9.84 Å². The maximum Gasteiger partial charge on any atom is 0.240 e. The van der Waals surface area contributed by atoms with Crippen molar-refractivity contribution in [3.63, 3.8) is 0 Å². The Hall–Kier alpha value is -4.11. The van der Waals surface area contributed by atoms with E-state index >= 15 is 4.39 Å². The number of halogens is 1. The molecule has 0 saturated carbocycles. The molecule has 1 N–H and O–H groups in total. The lowest BCUT2D eigenvalue weighted by molar-refractivity contribution is -0.123. The van der Waals surface area contributed by atoms with Gasteiger partial charge in [-0.3, -0.25) is 14.5 Å². The molecule has 0 spiro atoms. The second-order valence-corrected chi connectivity index (χ2v) is 10.6. The lowest BCUT2D eigenvalue weighted by Gasteiger charge is -2.24. The topological polar surface area (TPSA) is 76.5 Å². The summed E-state index contributed by atoms with van der Waals surface area (Å²) in [6.07, 6.45) is 0. The van der Waals surface area contributed by atoms with E-state index in [0.717, 1.165) is 5.56 Å². The van der Waals surface area contributed by atoms with Crippen molar-refractivity contribution in [1.82, 2.24) is 15.1 Å². The van der Waals surface area contributed by atoms with Crippen LogP contribution in [0.2, 0.25) is 0 Å². The van der Waals surface area contributed by atoms with E-state index < -0.39 is 5.25 Å². The number of carbonyl (C=O) groups excluding carboxylic acids is 2. The van der Waals surface area contributed by atoms with E-state index in [1.807, 2.05) is 68.4 Å². The van der Waals surface area contributed by atoms with Crippen LogP contribution in [0.15, 0.2) is 78.9 Å². The Morgan fingerprint density at radius 2 is 1.77 bits per heavy atom. The summed E-state index contributed by atoms with van der Waals surface area (Å²) < 4.78 is 22.3. The summed E-state index contributed by atoms with van der Waals surface area (Å²) in [5, 5.41) is 7.35. The summed E-state index contributed by atoms with van der Waals surface area (Å²) in [7, 11) is 1.59. The van der Waals surface area contributed by atoms with E-state index in [1.54, 1.807) is 30.0 Å². The molecule has 1 aliphatic rings. The number of nitrogens with one attached hydrogen (secondary N) is 1. The van der Waals surface area contributed by atoms with E-state index in [9.17, 15) is 9.59 Å². The molecule has 1 atom stereocenters. The highest BCUT2D eigenvalue weighted by atomic mass is 32.2. The second-order valence-electron chi connectivity index (χ2n) is 9.48. The minimum absolute atomic E-state index is 0.0689. The van der Waals surface area contributed by atoms with Gasteiger partial charge < -0.3 is 10.1 Å². The number of fused-ring (bicyclic) bond motifs is 1. The molecule has 0 saturated heterocycles.